The SMILES string of the molecule is CN(Cc1ccn(C)n1)/N=C\c1c(C=O)n(C)c2nc(Cc3cccc(N)n3)sc12. The molecular weight excluding hydrogens is 400 g/mol. The molecule has 4 aromatic rings. The highest BCUT2D eigenvalue weighted by molar-refractivity contribution is 7.19. The van der Waals surface area contributed by atoms with Crippen LogP contribution in [0.3, 0.4) is 0 Å². The van der Waals surface area contributed by atoms with Crippen LogP contribution in [-0.4, -0.2) is 48.9 Å². The molecule has 0 aliphatic rings. The lowest BCUT2D eigenvalue weighted by Crippen LogP contribution is -2.12. The Morgan fingerprint density at radius 2 is 2.07 bits per heavy atom. The van der Waals surface area contributed by atoms with Crippen LogP contribution in [0.25, 0.3) is 10.3 Å². The highest BCUT2D eigenvalue weighted by atomic mass is 32.1. The van der Waals surface area contributed by atoms with E-state index in [4.69, 9.17) is 10.7 Å². The first-order valence-corrected chi connectivity index (χ1v) is 10.1. The Kier molecular flexibility index (Phi) is 5.32. The summed E-state index contributed by atoms with van der Waals surface area (Å²) in [5.74, 6) is 0.487. The number of hydrogen-bond donors (Lipinski definition) is 1. The monoisotopic (exact) mass is 422 g/mol. The number of aryl methyl sites for hydroxylation is 2. The van der Waals surface area contributed by atoms with Crippen molar-refractivity contribution in [1.29, 1.82) is 0 Å². The minimum atomic E-state index is 0.487. The molecule has 0 saturated heterocycles. The van der Waals surface area contributed by atoms with Crippen molar-refractivity contribution in [3.8, 4) is 0 Å². The van der Waals surface area contributed by atoms with E-state index in [0.717, 1.165) is 38.6 Å². The summed E-state index contributed by atoms with van der Waals surface area (Å²) in [7, 11) is 5.59. The van der Waals surface area contributed by atoms with Gasteiger partial charge in [-0.3, -0.25) is 14.5 Å². The maximum Gasteiger partial charge on any atom is 0.167 e. The number of hydrogen-bond acceptors (Lipinski definition) is 8. The van der Waals surface area contributed by atoms with Crippen LogP contribution in [-0.2, 0) is 27.1 Å². The van der Waals surface area contributed by atoms with Gasteiger partial charge in [-0.15, -0.1) is 11.3 Å². The largest absolute Gasteiger partial charge is 0.384 e. The van der Waals surface area contributed by atoms with Gasteiger partial charge in [0.1, 0.15) is 10.8 Å². The highest BCUT2D eigenvalue weighted by Crippen LogP contribution is 2.30. The van der Waals surface area contributed by atoms with Crippen LogP contribution in [0.2, 0.25) is 0 Å². The zero-order chi connectivity index (χ0) is 21.3. The van der Waals surface area contributed by atoms with Crippen molar-refractivity contribution in [2.75, 3.05) is 12.8 Å². The second-order valence-electron chi connectivity index (χ2n) is 7.01. The lowest BCUT2D eigenvalue weighted by Gasteiger charge is -2.10. The molecule has 0 saturated carbocycles. The number of rotatable bonds is 7. The Morgan fingerprint density at radius 1 is 1.23 bits per heavy atom. The van der Waals surface area contributed by atoms with Crippen molar-refractivity contribution in [2.24, 2.45) is 19.2 Å². The van der Waals surface area contributed by atoms with E-state index in [1.165, 1.54) is 11.3 Å². The van der Waals surface area contributed by atoms with E-state index in [2.05, 4.69) is 15.2 Å². The van der Waals surface area contributed by atoms with Gasteiger partial charge in [-0.2, -0.15) is 10.2 Å². The van der Waals surface area contributed by atoms with Crippen molar-refractivity contribution >= 4 is 40.0 Å². The number of nitrogen functional groups attached to an aromatic ring is 1. The molecule has 4 rings (SSSR count). The van der Waals surface area contributed by atoms with E-state index in [1.807, 2.05) is 45.5 Å². The van der Waals surface area contributed by atoms with Crippen LogP contribution in [0.1, 0.15) is 32.4 Å². The van der Waals surface area contributed by atoms with E-state index < -0.39 is 0 Å². The second kappa shape index (κ2) is 8.07. The molecular formula is C20H22N8OS. The van der Waals surface area contributed by atoms with Gasteiger partial charge in [0.15, 0.2) is 11.9 Å². The third-order valence-electron chi connectivity index (χ3n) is 4.67. The molecule has 0 aliphatic carbocycles. The van der Waals surface area contributed by atoms with Gasteiger partial charge in [-0.25, -0.2) is 9.97 Å². The van der Waals surface area contributed by atoms with Gasteiger partial charge < -0.3 is 10.3 Å². The third-order valence-corrected chi connectivity index (χ3v) is 5.75. The molecule has 0 fully saturated rings. The van der Waals surface area contributed by atoms with E-state index in [-0.39, 0.29) is 0 Å². The molecule has 30 heavy (non-hydrogen) atoms. The smallest absolute Gasteiger partial charge is 0.167 e. The molecule has 0 radical (unpaired) electrons. The zero-order valence-electron chi connectivity index (χ0n) is 17.0. The maximum absolute atomic E-state index is 11.7. The van der Waals surface area contributed by atoms with Gasteiger partial charge in [-0.05, 0) is 18.2 Å². The van der Waals surface area contributed by atoms with Gasteiger partial charge in [0.2, 0.25) is 0 Å². The summed E-state index contributed by atoms with van der Waals surface area (Å²) in [6, 6.07) is 7.51. The van der Waals surface area contributed by atoms with Crippen LogP contribution in [0.5, 0.6) is 0 Å². The molecule has 0 aliphatic heterocycles. The van der Waals surface area contributed by atoms with E-state index in [1.54, 1.807) is 26.5 Å². The van der Waals surface area contributed by atoms with Crippen LogP contribution in [0, 0.1) is 0 Å². The molecule has 0 atom stereocenters. The van der Waals surface area contributed by atoms with Crippen LogP contribution in [0.15, 0.2) is 35.6 Å². The topological polar surface area (TPSA) is 107 Å². The molecule has 10 heteroatoms. The summed E-state index contributed by atoms with van der Waals surface area (Å²) in [4.78, 5) is 20.8. The zero-order valence-corrected chi connectivity index (χ0v) is 17.8. The van der Waals surface area contributed by atoms with E-state index in [9.17, 15) is 4.79 Å². The number of anilines is 1. The number of aromatic nitrogens is 5. The fourth-order valence-corrected chi connectivity index (χ4v) is 4.37. The molecule has 4 heterocycles. The van der Waals surface area contributed by atoms with Gasteiger partial charge in [-0.1, -0.05) is 6.07 Å². The van der Waals surface area contributed by atoms with Crippen molar-refractivity contribution in [3.63, 3.8) is 0 Å². The predicted octanol–water partition coefficient (Wildman–Crippen LogP) is 2.21. The summed E-state index contributed by atoms with van der Waals surface area (Å²) >= 11 is 1.54. The number of carbonyl (C=O) groups excluding carboxylic acids is 1. The van der Waals surface area contributed by atoms with Crippen molar-refractivity contribution in [2.45, 2.75) is 13.0 Å². The standard InChI is InChI=1S/C20H22N8OS/c1-26-8-7-14(25-26)11-27(2)22-10-15-16(12-29)28(3)20-19(15)30-18(24-20)9-13-5-4-6-17(21)23-13/h4-8,10,12H,9,11H2,1-3H3,(H2,21,23)/b22-10-. The highest BCUT2D eigenvalue weighted by Gasteiger charge is 2.18. The summed E-state index contributed by atoms with van der Waals surface area (Å²) in [6.45, 7) is 0.568. The van der Waals surface area contributed by atoms with Gasteiger partial charge in [0.25, 0.3) is 0 Å². The first kappa shape index (κ1) is 19.8. The number of carbonyl (C=O) groups is 1. The minimum absolute atomic E-state index is 0.487. The lowest BCUT2D eigenvalue weighted by molar-refractivity contribution is 0.111. The number of hydrazone groups is 1. The summed E-state index contributed by atoms with van der Waals surface area (Å²) in [6.07, 6.45) is 5.03. The predicted molar refractivity (Wildman–Crippen MR) is 118 cm³/mol. The number of nitrogens with two attached hydrogens (primary N) is 1. The van der Waals surface area contributed by atoms with Gasteiger partial charge in [0, 0.05) is 45.0 Å². The molecule has 0 unspecified atom stereocenters. The van der Waals surface area contributed by atoms with E-state index >= 15 is 0 Å². The summed E-state index contributed by atoms with van der Waals surface area (Å²) in [5.41, 5.74) is 9.62. The van der Waals surface area contributed by atoms with Crippen LogP contribution < -0.4 is 5.73 Å². The first-order valence-electron chi connectivity index (χ1n) is 9.33. The number of pyridine rings is 1. The summed E-state index contributed by atoms with van der Waals surface area (Å²) < 4.78 is 4.48. The molecule has 0 aromatic carbocycles. The first-order chi connectivity index (χ1) is 14.4. The molecule has 154 valence electrons. The molecule has 2 N–H and O–H groups in total. The molecule has 0 bridgehead atoms. The van der Waals surface area contributed by atoms with Crippen molar-refractivity contribution < 1.29 is 4.79 Å². The van der Waals surface area contributed by atoms with Gasteiger partial charge >= 0.3 is 0 Å². The number of aldehydes is 1. The number of nitrogens with zero attached hydrogens (tertiary/aromatic N) is 7. The number of fused-ring (bicyclic) bond motifs is 1. The Hall–Kier alpha value is -3.53. The number of thiazole rings is 1. The van der Waals surface area contributed by atoms with Crippen molar-refractivity contribution in [3.05, 3.63) is 58.1 Å². The van der Waals surface area contributed by atoms with Crippen molar-refractivity contribution in [1.82, 2.24) is 29.3 Å². The lowest BCUT2D eigenvalue weighted by atomic mass is 10.3. The quantitative estimate of drug-likeness (QED) is 0.278. The third kappa shape index (κ3) is 3.94. The average Bonchev–Trinajstić information content (AvgIpc) is 3.36. The molecule has 0 amide bonds. The molecule has 0 spiro atoms. The second-order valence-corrected chi connectivity index (χ2v) is 8.09. The fourth-order valence-electron chi connectivity index (χ4n) is 3.24. The Bertz CT molecular complexity index is 1240. The minimum Gasteiger partial charge on any atom is -0.384 e. The normalized spacial score (nSPS) is 11.6. The Labute approximate surface area is 177 Å². The Morgan fingerprint density at radius 3 is 2.77 bits per heavy atom. The van der Waals surface area contributed by atoms with Gasteiger partial charge in [0.05, 0.1) is 28.8 Å². The maximum atomic E-state index is 11.7. The van der Waals surface area contributed by atoms with Crippen LogP contribution >= 0.6 is 11.3 Å². The van der Waals surface area contributed by atoms with E-state index in [0.29, 0.717) is 24.5 Å². The average molecular weight is 423 g/mol. The summed E-state index contributed by atoms with van der Waals surface area (Å²) in [5, 5.41) is 11.6. The fraction of sp³-hybridized carbons (Fsp3) is 0.250. The molecule has 9 nitrogen and oxygen atoms in total. The van der Waals surface area contributed by atoms with Crippen LogP contribution in [0.4, 0.5) is 5.82 Å². The Balaban J connectivity index is 1.62. The molecule has 4 aromatic heterocycles.